The van der Waals surface area contributed by atoms with Gasteiger partial charge in [0.25, 0.3) is 0 Å². The molecule has 2 rings (SSSR count). The summed E-state index contributed by atoms with van der Waals surface area (Å²) in [6.45, 7) is 0. The highest BCUT2D eigenvalue weighted by Gasteiger charge is 2.32. The largest absolute Gasteiger partial charge is 0.389 e. The van der Waals surface area contributed by atoms with Crippen LogP contribution in [0.3, 0.4) is 0 Å². The van der Waals surface area contributed by atoms with Crippen LogP contribution in [0.25, 0.3) is 0 Å². The first-order valence-electron chi connectivity index (χ1n) is 4.14. The van der Waals surface area contributed by atoms with Crippen molar-refractivity contribution in [3.8, 4) is 0 Å². The van der Waals surface area contributed by atoms with E-state index in [9.17, 15) is 9.90 Å². The summed E-state index contributed by atoms with van der Waals surface area (Å²) in [5.74, 6) is 0.950. The van der Waals surface area contributed by atoms with Gasteiger partial charge in [0.05, 0.1) is 6.10 Å². The highest BCUT2D eigenvalue weighted by Crippen LogP contribution is 2.34. The van der Waals surface area contributed by atoms with Crippen molar-refractivity contribution in [2.45, 2.75) is 25.4 Å². The number of allylic oxidation sites excluding steroid dienone is 1. The maximum atomic E-state index is 11.1. The number of fused-ring (bicyclic) bond motifs is 2. The monoisotopic (exact) mass is 152 g/mol. The molecular formula is C9H12O2. The second-order valence-corrected chi connectivity index (χ2v) is 3.58. The molecule has 0 aromatic carbocycles. The Balaban J connectivity index is 2.19. The van der Waals surface area contributed by atoms with Crippen molar-refractivity contribution in [2.75, 3.05) is 0 Å². The Kier molecular flexibility index (Phi) is 1.57. The lowest BCUT2D eigenvalue weighted by molar-refractivity contribution is -0.123. The molecule has 2 aliphatic carbocycles. The molecule has 0 radical (unpaired) electrons. The molecule has 2 heteroatoms. The molecule has 0 spiro atoms. The van der Waals surface area contributed by atoms with E-state index < -0.39 is 0 Å². The second-order valence-electron chi connectivity index (χ2n) is 3.58. The van der Waals surface area contributed by atoms with Crippen LogP contribution in [-0.2, 0) is 4.79 Å². The van der Waals surface area contributed by atoms with E-state index in [4.69, 9.17) is 0 Å². The van der Waals surface area contributed by atoms with Crippen LogP contribution in [0.2, 0.25) is 0 Å². The molecule has 1 fully saturated rings. The van der Waals surface area contributed by atoms with E-state index in [2.05, 4.69) is 0 Å². The minimum atomic E-state index is -0.365. The van der Waals surface area contributed by atoms with Gasteiger partial charge in [-0.1, -0.05) is 12.2 Å². The van der Waals surface area contributed by atoms with E-state index in [1.165, 1.54) is 0 Å². The zero-order chi connectivity index (χ0) is 7.84. The van der Waals surface area contributed by atoms with Crippen LogP contribution < -0.4 is 0 Å². The van der Waals surface area contributed by atoms with Crippen molar-refractivity contribution in [3.05, 3.63) is 12.2 Å². The molecule has 0 aromatic heterocycles. The van der Waals surface area contributed by atoms with Gasteiger partial charge in [-0.05, 0) is 18.3 Å². The zero-order valence-corrected chi connectivity index (χ0v) is 6.36. The lowest BCUT2D eigenvalue weighted by Gasteiger charge is -2.32. The molecule has 0 aromatic rings. The summed E-state index contributed by atoms with van der Waals surface area (Å²) in [6, 6.07) is 0. The summed E-state index contributed by atoms with van der Waals surface area (Å²) in [6.07, 6.45) is 5.74. The van der Waals surface area contributed by atoms with Gasteiger partial charge >= 0.3 is 0 Å². The maximum Gasteiger partial charge on any atom is 0.133 e. The molecule has 2 aliphatic rings. The van der Waals surface area contributed by atoms with Gasteiger partial charge < -0.3 is 5.11 Å². The molecule has 3 unspecified atom stereocenters. The molecule has 0 heterocycles. The van der Waals surface area contributed by atoms with E-state index in [0.717, 1.165) is 6.42 Å². The lowest BCUT2D eigenvalue weighted by atomic mass is 9.74. The number of ketones is 1. The number of rotatable bonds is 0. The Morgan fingerprint density at radius 2 is 2.18 bits per heavy atom. The van der Waals surface area contributed by atoms with Crippen LogP contribution in [0.5, 0.6) is 0 Å². The van der Waals surface area contributed by atoms with Gasteiger partial charge in [0, 0.05) is 12.8 Å². The standard InChI is InChI=1S/C9H12O2/c10-8-4-6-1-2-9(11)7(3-6)5-8/h1-2,6-7,9,11H,3-5H2. The van der Waals surface area contributed by atoms with Gasteiger partial charge in [0.1, 0.15) is 5.78 Å². The SMILES string of the molecule is O=C1CC2C=CC(O)C(C1)C2. The van der Waals surface area contributed by atoms with E-state index in [1.807, 2.05) is 12.2 Å². The normalized spacial score (nSPS) is 42.6. The Hall–Kier alpha value is -0.630. The zero-order valence-electron chi connectivity index (χ0n) is 6.36. The van der Waals surface area contributed by atoms with E-state index in [0.29, 0.717) is 24.5 Å². The Labute approximate surface area is 65.9 Å². The molecule has 2 bridgehead atoms. The van der Waals surface area contributed by atoms with E-state index >= 15 is 0 Å². The van der Waals surface area contributed by atoms with Crippen molar-refractivity contribution < 1.29 is 9.90 Å². The van der Waals surface area contributed by atoms with Crippen LogP contribution in [0, 0.1) is 11.8 Å². The van der Waals surface area contributed by atoms with Crippen molar-refractivity contribution in [2.24, 2.45) is 11.8 Å². The fourth-order valence-electron chi connectivity index (χ4n) is 2.06. The molecule has 0 aliphatic heterocycles. The smallest absolute Gasteiger partial charge is 0.133 e. The average Bonchev–Trinajstić information content (AvgIpc) is 1.97. The molecule has 0 saturated heterocycles. The summed E-state index contributed by atoms with van der Waals surface area (Å²) in [4.78, 5) is 11.1. The highest BCUT2D eigenvalue weighted by atomic mass is 16.3. The fourth-order valence-corrected chi connectivity index (χ4v) is 2.06. The third kappa shape index (κ3) is 1.23. The van der Waals surface area contributed by atoms with Gasteiger partial charge in [-0.3, -0.25) is 4.79 Å². The average molecular weight is 152 g/mol. The van der Waals surface area contributed by atoms with Crippen LogP contribution >= 0.6 is 0 Å². The van der Waals surface area contributed by atoms with E-state index in [-0.39, 0.29) is 12.0 Å². The minimum absolute atomic E-state index is 0.214. The van der Waals surface area contributed by atoms with Crippen LogP contribution in [0.4, 0.5) is 0 Å². The van der Waals surface area contributed by atoms with Gasteiger partial charge in [-0.15, -0.1) is 0 Å². The number of carbonyl (C=O) groups excluding carboxylic acids is 1. The summed E-state index contributed by atoms with van der Waals surface area (Å²) < 4.78 is 0. The Bertz CT molecular complexity index is 208. The topological polar surface area (TPSA) is 37.3 Å². The van der Waals surface area contributed by atoms with Crippen LogP contribution in [0.1, 0.15) is 19.3 Å². The molecule has 1 saturated carbocycles. The summed E-state index contributed by atoms with van der Waals surface area (Å²) in [5.41, 5.74) is 0. The van der Waals surface area contributed by atoms with E-state index in [1.54, 1.807) is 0 Å². The Morgan fingerprint density at radius 3 is 3.00 bits per heavy atom. The second kappa shape index (κ2) is 2.45. The quantitative estimate of drug-likeness (QED) is 0.524. The van der Waals surface area contributed by atoms with Crippen molar-refractivity contribution in [1.29, 1.82) is 0 Å². The van der Waals surface area contributed by atoms with Crippen molar-refractivity contribution in [1.82, 2.24) is 0 Å². The molecule has 1 N–H and O–H groups in total. The van der Waals surface area contributed by atoms with Crippen LogP contribution in [-0.4, -0.2) is 17.0 Å². The first-order valence-corrected chi connectivity index (χ1v) is 4.14. The molecule has 60 valence electrons. The van der Waals surface area contributed by atoms with Gasteiger partial charge in [0.2, 0.25) is 0 Å². The number of hydrogen-bond donors (Lipinski definition) is 1. The summed E-state index contributed by atoms with van der Waals surface area (Å²) in [5, 5.41) is 9.40. The van der Waals surface area contributed by atoms with Crippen molar-refractivity contribution >= 4 is 5.78 Å². The molecule has 3 atom stereocenters. The molecular weight excluding hydrogens is 140 g/mol. The summed E-state index contributed by atoms with van der Waals surface area (Å²) in [7, 11) is 0. The highest BCUT2D eigenvalue weighted by molar-refractivity contribution is 5.80. The molecule has 0 amide bonds. The Morgan fingerprint density at radius 1 is 1.36 bits per heavy atom. The third-order valence-corrected chi connectivity index (χ3v) is 2.65. The fraction of sp³-hybridized carbons (Fsp3) is 0.667. The first kappa shape index (κ1) is 7.04. The number of aliphatic hydroxyl groups excluding tert-OH is 1. The molecule has 11 heavy (non-hydrogen) atoms. The first-order chi connectivity index (χ1) is 5.25. The summed E-state index contributed by atoms with van der Waals surface area (Å²) >= 11 is 0. The van der Waals surface area contributed by atoms with Gasteiger partial charge in [-0.25, -0.2) is 0 Å². The predicted molar refractivity (Wildman–Crippen MR) is 41.0 cm³/mol. The van der Waals surface area contributed by atoms with Crippen LogP contribution in [0.15, 0.2) is 12.2 Å². The third-order valence-electron chi connectivity index (χ3n) is 2.65. The van der Waals surface area contributed by atoms with Gasteiger partial charge in [0.15, 0.2) is 0 Å². The minimum Gasteiger partial charge on any atom is -0.389 e. The van der Waals surface area contributed by atoms with Gasteiger partial charge in [-0.2, -0.15) is 0 Å². The maximum absolute atomic E-state index is 11.1. The number of hydrogen-bond acceptors (Lipinski definition) is 2. The molecule has 2 nitrogen and oxygen atoms in total. The van der Waals surface area contributed by atoms with Crippen molar-refractivity contribution in [3.63, 3.8) is 0 Å². The lowest BCUT2D eigenvalue weighted by Crippen LogP contribution is -2.32. The number of Topliss-reactive ketones (excluding diaryl/α,β-unsaturated/α-hetero) is 1. The predicted octanol–water partition coefficient (Wildman–Crippen LogP) is 0.902. The number of aliphatic hydroxyl groups is 1. The number of carbonyl (C=O) groups is 1.